The van der Waals surface area contributed by atoms with Gasteiger partial charge in [-0.15, -0.1) is 0 Å². The van der Waals surface area contributed by atoms with Gasteiger partial charge in [0.05, 0.1) is 5.69 Å². The lowest BCUT2D eigenvalue weighted by Crippen LogP contribution is -2.11. The van der Waals surface area contributed by atoms with Crippen molar-refractivity contribution in [3.63, 3.8) is 0 Å². The Labute approximate surface area is 114 Å². The van der Waals surface area contributed by atoms with Gasteiger partial charge in [-0.05, 0) is 24.7 Å². The van der Waals surface area contributed by atoms with Crippen LogP contribution in [0.5, 0.6) is 0 Å². The van der Waals surface area contributed by atoms with E-state index in [0.29, 0.717) is 17.8 Å². The summed E-state index contributed by atoms with van der Waals surface area (Å²) < 4.78 is 16.4. The van der Waals surface area contributed by atoms with Crippen LogP contribution in [0.3, 0.4) is 0 Å². The van der Waals surface area contributed by atoms with Crippen LogP contribution < -0.4 is 5.32 Å². The molecule has 1 heterocycles. The third kappa shape index (κ3) is 2.79. The fourth-order valence-electron chi connectivity index (χ4n) is 1.83. The highest BCUT2D eigenvalue weighted by Crippen LogP contribution is 2.27. The third-order valence-corrected chi connectivity index (χ3v) is 3.15. The summed E-state index contributed by atoms with van der Waals surface area (Å²) in [7, 11) is 1.84. The smallest absolute Gasteiger partial charge is 0.132 e. The van der Waals surface area contributed by atoms with Crippen LogP contribution in [0.25, 0.3) is 11.3 Å². The molecule has 0 fully saturated rings. The van der Waals surface area contributed by atoms with Crippen molar-refractivity contribution in [2.45, 2.75) is 13.5 Å². The molecule has 0 radical (unpaired) electrons. The van der Waals surface area contributed by atoms with Crippen molar-refractivity contribution in [2.75, 3.05) is 6.54 Å². The molecule has 96 valence electrons. The van der Waals surface area contributed by atoms with E-state index in [9.17, 15) is 4.39 Å². The Morgan fingerprint density at radius 1 is 1.44 bits per heavy atom. The molecule has 0 amide bonds. The van der Waals surface area contributed by atoms with E-state index >= 15 is 0 Å². The van der Waals surface area contributed by atoms with Crippen LogP contribution in [0.1, 0.15) is 12.5 Å². The molecule has 0 aliphatic heterocycles. The fraction of sp³-hybridized carbons (Fsp3) is 0.308. The number of rotatable bonds is 4. The maximum atomic E-state index is 13.9. The van der Waals surface area contributed by atoms with Gasteiger partial charge in [-0.2, -0.15) is 5.10 Å². The van der Waals surface area contributed by atoms with Gasteiger partial charge in [-0.1, -0.05) is 22.9 Å². The molecule has 18 heavy (non-hydrogen) atoms. The Morgan fingerprint density at radius 2 is 2.22 bits per heavy atom. The van der Waals surface area contributed by atoms with Crippen molar-refractivity contribution < 1.29 is 4.39 Å². The number of halogens is 2. The first-order valence-corrected chi connectivity index (χ1v) is 6.59. The van der Waals surface area contributed by atoms with Crippen LogP contribution in [0, 0.1) is 5.82 Å². The van der Waals surface area contributed by atoms with Crippen LogP contribution in [0.15, 0.2) is 28.9 Å². The van der Waals surface area contributed by atoms with Crippen molar-refractivity contribution in [1.29, 1.82) is 0 Å². The second kappa shape index (κ2) is 5.63. The predicted molar refractivity (Wildman–Crippen MR) is 73.7 cm³/mol. The van der Waals surface area contributed by atoms with Crippen molar-refractivity contribution in [3.05, 3.63) is 40.2 Å². The lowest BCUT2D eigenvalue weighted by Gasteiger charge is -2.05. The van der Waals surface area contributed by atoms with Crippen molar-refractivity contribution >= 4 is 15.9 Å². The summed E-state index contributed by atoms with van der Waals surface area (Å²) in [6.45, 7) is 3.59. The molecule has 1 aromatic carbocycles. The zero-order valence-electron chi connectivity index (χ0n) is 10.4. The maximum absolute atomic E-state index is 13.9. The van der Waals surface area contributed by atoms with Gasteiger partial charge in [-0.3, -0.25) is 4.68 Å². The van der Waals surface area contributed by atoms with Gasteiger partial charge in [0.15, 0.2) is 0 Å². The average Bonchev–Trinajstić information content (AvgIpc) is 2.71. The second-order valence-corrected chi connectivity index (χ2v) is 5.00. The summed E-state index contributed by atoms with van der Waals surface area (Å²) in [6, 6.07) is 4.89. The molecule has 0 spiro atoms. The Bertz CT molecular complexity index is 551. The molecular weight excluding hydrogens is 297 g/mol. The lowest BCUT2D eigenvalue weighted by molar-refractivity contribution is 0.629. The largest absolute Gasteiger partial charge is 0.313 e. The summed E-state index contributed by atoms with van der Waals surface area (Å²) in [6.07, 6.45) is 1.92. The van der Waals surface area contributed by atoms with Gasteiger partial charge in [0, 0.05) is 35.4 Å². The summed E-state index contributed by atoms with van der Waals surface area (Å²) in [4.78, 5) is 0. The first kappa shape index (κ1) is 13.2. The number of nitrogens with one attached hydrogen (secondary N) is 1. The van der Waals surface area contributed by atoms with Gasteiger partial charge >= 0.3 is 0 Å². The molecule has 0 aliphatic carbocycles. The highest BCUT2D eigenvalue weighted by Gasteiger charge is 2.14. The minimum absolute atomic E-state index is 0.255. The molecular formula is C13H15BrFN3. The third-order valence-electron chi connectivity index (χ3n) is 2.65. The van der Waals surface area contributed by atoms with Crippen LogP contribution >= 0.6 is 15.9 Å². The lowest BCUT2D eigenvalue weighted by atomic mass is 10.1. The van der Waals surface area contributed by atoms with E-state index in [1.54, 1.807) is 16.8 Å². The Balaban J connectivity index is 2.45. The van der Waals surface area contributed by atoms with Crippen LogP contribution in [0.4, 0.5) is 4.39 Å². The molecule has 1 N–H and O–H groups in total. The van der Waals surface area contributed by atoms with Crippen LogP contribution in [0.2, 0.25) is 0 Å². The van der Waals surface area contributed by atoms with Gasteiger partial charge in [0.1, 0.15) is 5.82 Å². The quantitative estimate of drug-likeness (QED) is 0.940. The Kier molecular flexibility index (Phi) is 4.14. The highest BCUT2D eigenvalue weighted by molar-refractivity contribution is 9.10. The standard InChI is InChI=1S/C13H15BrFN3/c1-3-16-7-9-8-18(2)17-13(9)11-6-10(14)4-5-12(11)15/h4-6,8,16H,3,7H2,1-2H3. The van der Waals surface area contributed by atoms with Crippen molar-refractivity contribution in [1.82, 2.24) is 15.1 Å². The molecule has 3 nitrogen and oxygen atoms in total. The highest BCUT2D eigenvalue weighted by atomic mass is 79.9. The number of hydrogen-bond acceptors (Lipinski definition) is 2. The van der Waals surface area contributed by atoms with Gasteiger partial charge in [0.25, 0.3) is 0 Å². The van der Waals surface area contributed by atoms with E-state index in [1.807, 2.05) is 20.2 Å². The van der Waals surface area contributed by atoms with E-state index < -0.39 is 0 Å². The normalized spacial score (nSPS) is 10.9. The minimum Gasteiger partial charge on any atom is -0.313 e. The second-order valence-electron chi connectivity index (χ2n) is 4.08. The monoisotopic (exact) mass is 311 g/mol. The zero-order valence-corrected chi connectivity index (χ0v) is 12.0. The molecule has 0 bridgehead atoms. The molecule has 0 saturated heterocycles. The zero-order chi connectivity index (χ0) is 13.1. The fourth-order valence-corrected chi connectivity index (χ4v) is 2.19. The van der Waals surface area contributed by atoms with Crippen LogP contribution in [-0.4, -0.2) is 16.3 Å². The van der Waals surface area contributed by atoms with Crippen molar-refractivity contribution in [3.8, 4) is 11.3 Å². The Hall–Kier alpha value is -1.20. The molecule has 0 saturated carbocycles. The number of hydrogen-bond donors (Lipinski definition) is 1. The summed E-state index contributed by atoms with van der Waals surface area (Å²) >= 11 is 3.36. The SMILES string of the molecule is CCNCc1cn(C)nc1-c1cc(Br)ccc1F. The topological polar surface area (TPSA) is 29.9 Å². The van der Waals surface area contributed by atoms with Gasteiger partial charge < -0.3 is 5.32 Å². The first-order valence-electron chi connectivity index (χ1n) is 5.80. The maximum Gasteiger partial charge on any atom is 0.132 e. The van der Waals surface area contributed by atoms with Gasteiger partial charge in [0.2, 0.25) is 0 Å². The van der Waals surface area contributed by atoms with E-state index in [2.05, 4.69) is 26.3 Å². The molecule has 0 aliphatic rings. The number of nitrogens with zero attached hydrogens (tertiary/aromatic N) is 2. The van der Waals surface area contributed by atoms with Gasteiger partial charge in [-0.25, -0.2) is 4.39 Å². The molecule has 2 rings (SSSR count). The van der Waals surface area contributed by atoms with E-state index in [1.165, 1.54) is 6.07 Å². The van der Waals surface area contributed by atoms with Crippen LogP contribution in [-0.2, 0) is 13.6 Å². The van der Waals surface area contributed by atoms with E-state index in [4.69, 9.17) is 0 Å². The number of aryl methyl sites for hydroxylation is 1. The summed E-state index contributed by atoms with van der Waals surface area (Å²) in [5, 5.41) is 7.59. The van der Waals surface area contributed by atoms with E-state index in [-0.39, 0.29) is 5.82 Å². The molecule has 0 unspecified atom stereocenters. The molecule has 1 aromatic heterocycles. The Morgan fingerprint density at radius 3 is 2.94 bits per heavy atom. The average molecular weight is 312 g/mol. The number of aromatic nitrogens is 2. The molecule has 0 atom stereocenters. The van der Waals surface area contributed by atoms with Crippen molar-refractivity contribution in [2.24, 2.45) is 7.05 Å². The minimum atomic E-state index is -0.255. The first-order chi connectivity index (χ1) is 8.61. The van der Waals surface area contributed by atoms with E-state index in [0.717, 1.165) is 16.6 Å². The summed E-state index contributed by atoms with van der Waals surface area (Å²) in [5.74, 6) is -0.255. The predicted octanol–water partition coefficient (Wildman–Crippen LogP) is 3.10. The number of benzene rings is 1. The molecule has 2 aromatic rings. The molecule has 5 heteroatoms. The summed E-state index contributed by atoms with van der Waals surface area (Å²) in [5.41, 5.74) is 2.21.